The molecule has 2 atom stereocenters. The van der Waals surface area contributed by atoms with Gasteiger partial charge in [0.15, 0.2) is 0 Å². The van der Waals surface area contributed by atoms with Gasteiger partial charge in [-0.25, -0.2) is 0 Å². The maximum absolute atomic E-state index is 10.5. The third-order valence-corrected chi connectivity index (χ3v) is 4.39. The second-order valence-electron chi connectivity index (χ2n) is 5.49. The number of hydrogen-bond donors (Lipinski definition) is 1. The van der Waals surface area contributed by atoms with Gasteiger partial charge < -0.3 is 9.84 Å². The van der Waals surface area contributed by atoms with E-state index in [9.17, 15) is 5.11 Å². The summed E-state index contributed by atoms with van der Waals surface area (Å²) >= 11 is 0. The molecule has 4 rings (SSSR count). The smallest absolute Gasteiger partial charge is 0.122 e. The van der Waals surface area contributed by atoms with E-state index in [4.69, 9.17) is 4.74 Å². The van der Waals surface area contributed by atoms with Gasteiger partial charge in [-0.05, 0) is 11.6 Å². The lowest BCUT2D eigenvalue weighted by molar-refractivity contribution is -0.0454. The maximum atomic E-state index is 10.5. The van der Waals surface area contributed by atoms with Gasteiger partial charge in [-0.1, -0.05) is 18.2 Å². The van der Waals surface area contributed by atoms with Gasteiger partial charge in [0.1, 0.15) is 5.75 Å². The first-order valence-electron chi connectivity index (χ1n) is 7.04. The number of ether oxygens (including phenoxy) is 1. The van der Waals surface area contributed by atoms with Crippen molar-refractivity contribution in [2.75, 3.05) is 39.8 Å². The number of rotatable bonds is 4. The number of piperazine rings is 3. The van der Waals surface area contributed by atoms with E-state index in [1.807, 2.05) is 24.3 Å². The molecule has 1 N–H and O–H groups in total. The van der Waals surface area contributed by atoms with Gasteiger partial charge >= 0.3 is 0 Å². The van der Waals surface area contributed by atoms with Crippen LogP contribution in [0.15, 0.2) is 24.3 Å². The van der Waals surface area contributed by atoms with Gasteiger partial charge in [-0.3, -0.25) is 9.80 Å². The van der Waals surface area contributed by atoms with E-state index in [0.29, 0.717) is 6.42 Å². The molecule has 2 unspecified atom stereocenters. The quantitative estimate of drug-likeness (QED) is 0.862. The maximum Gasteiger partial charge on any atom is 0.122 e. The number of fused-ring (bicyclic) bond motifs is 3. The van der Waals surface area contributed by atoms with Crippen molar-refractivity contribution in [2.45, 2.75) is 18.6 Å². The van der Waals surface area contributed by atoms with Crippen molar-refractivity contribution in [1.29, 1.82) is 0 Å². The second-order valence-corrected chi connectivity index (χ2v) is 5.49. The van der Waals surface area contributed by atoms with Crippen LogP contribution in [-0.2, 0) is 6.42 Å². The molecule has 3 aliphatic rings. The van der Waals surface area contributed by atoms with Gasteiger partial charge in [0.05, 0.1) is 13.2 Å². The van der Waals surface area contributed by atoms with Gasteiger partial charge in [0, 0.05) is 45.2 Å². The molecule has 3 aliphatic heterocycles. The highest BCUT2D eigenvalue weighted by molar-refractivity contribution is 5.33. The summed E-state index contributed by atoms with van der Waals surface area (Å²) in [5.74, 6) is 0.873. The van der Waals surface area contributed by atoms with Crippen molar-refractivity contribution >= 4 is 0 Å². The Labute approximate surface area is 114 Å². The van der Waals surface area contributed by atoms with Gasteiger partial charge in [0.2, 0.25) is 0 Å². The molecular formula is C15H22N2O2. The number of nitrogens with zero attached hydrogens (tertiary/aromatic N) is 2. The summed E-state index contributed by atoms with van der Waals surface area (Å²) in [5, 5.41) is 10.5. The Morgan fingerprint density at radius 1 is 1.26 bits per heavy atom. The third kappa shape index (κ3) is 2.61. The number of para-hydroxylation sites is 1. The molecule has 3 saturated heterocycles. The number of aliphatic hydroxyl groups excluding tert-OH is 1. The van der Waals surface area contributed by atoms with E-state index in [0.717, 1.165) is 44.0 Å². The normalized spacial score (nSPS) is 31.2. The SMILES string of the molecule is COc1ccccc1CC(O)C1CN2CCN1CC2. The zero-order valence-corrected chi connectivity index (χ0v) is 11.5. The number of aliphatic hydroxyl groups is 1. The summed E-state index contributed by atoms with van der Waals surface area (Å²) in [6.07, 6.45) is 0.346. The summed E-state index contributed by atoms with van der Waals surface area (Å²) in [5.41, 5.74) is 1.09. The van der Waals surface area contributed by atoms with Crippen molar-refractivity contribution in [2.24, 2.45) is 0 Å². The van der Waals surface area contributed by atoms with E-state index in [1.54, 1.807) is 7.11 Å². The Kier molecular flexibility index (Phi) is 3.73. The monoisotopic (exact) mass is 262 g/mol. The standard InChI is InChI=1S/C15H22N2O2/c1-19-15-5-3-2-4-12(15)10-14(18)13-11-16-6-8-17(13)9-7-16/h2-5,13-14,18H,6-11H2,1H3. The molecule has 3 heterocycles. The van der Waals surface area contributed by atoms with Crippen molar-refractivity contribution in [3.63, 3.8) is 0 Å². The van der Waals surface area contributed by atoms with Crippen LogP contribution in [0.4, 0.5) is 0 Å². The minimum absolute atomic E-state index is 0.271. The van der Waals surface area contributed by atoms with E-state index in [2.05, 4.69) is 9.80 Å². The lowest BCUT2D eigenvalue weighted by atomic mass is 9.96. The van der Waals surface area contributed by atoms with Crippen molar-refractivity contribution in [1.82, 2.24) is 9.80 Å². The van der Waals surface area contributed by atoms with Crippen LogP contribution in [0.2, 0.25) is 0 Å². The first-order valence-corrected chi connectivity index (χ1v) is 7.04. The van der Waals surface area contributed by atoms with Crippen LogP contribution in [0.3, 0.4) is 0 Å². The Morgan fingerprint density at radius 3 is 2.63 bits per heavy atom. The van der Waals surface area contributed by atoms with Gasteiger partial charge in [-0.2, -0.15) is 0 Å². The summed E-state index contributed by atoms with van der Waals surface area (Å²) in [7, 11) is 1.68. The van der Waals surface area contributed by atoms with Crippen LogP contribution in [0.5, 0.6) is 5.75 Å². The highest BCUT2D eigenvalue weighted by Crippen LogP contribution is 2.24. The Balaban J connectivity index is 1.69. The molecule has 3 fully saturated rings. The predicted octanol–water partition coefficient (Wildman–Crippen LogP) is 0.598. The van der Waals surface area contributed by atoms with E-state index >= 15 is 0 Å². The van der Waals surface area contributed by atoms with E-state index in [1.165, 1.54) is 0 Å². The Bertz CT molecular complexity index is 430. The Morgan fingerprint density at radius 2 is 2.00 bits per heavy atom. The minimum atomic E-state index is -0.320. The molecule has 1 aromatic rings. The van der Waals surface area contributed by atoms with Crippen LogP contribution < -0.4 is 4.74 Å². The highest BCUT2D eigenvalue weighted by atomic mass is 16.5. The summed E-state index contributed by atoms with van der Waals surface area (Å²) in [6.45, 7) is 5.48. The van der Waals surface area contributed by atoms with Crippen LogP contribution in [0.25, 0.3) is 0 Å². The predicted molar refractivity (Wildman–Crippen MR) is 74.5 cm³/mol. The molecule has 104 valence electrons. The van der Waals surface area contributed by atoms with Crippen LogP contribution in [-0.4, -0.2) is 66.9 Å². The fourth-order valence-electron chi connectivity index (χ4n) is 3.26. The fraction of sp³-hybridized carbons (Fsp3) is 0.600. The van der Waals surface area contributed by atoms with Gasteiger partial charge in [0.25, 0.3) is 0 Å². The van der Waals surface area contributed by atoms with Crippen LogP contribution in [0, 0.1) is 0 Å². The van der Waals surface area contributed by atoms with Crippen molar-refractivity contribution in [3.8, 4) is 5.75 Å². The first kappa shape index (κ1) is 12.9. The molecule has 0 spiro atoms. The Hall–Kier alpha value is -1.10. The molecule has 4 nitrogen and oxygen atoms in total. The lowest BCUT2D eigenvalue weighted by Gasteiger charge is -2.49. The third-order valence-electron chi connectivity index (χ3n) is 4.39. The van der Waals surface area contributed by atoms with Gasteiger partial charge in [-0.15, -0.1) is 0 Å². The molecule has 0 amide bonds. The first-order chi connectivity index (χ1) is 9.28. The molecule has 1 aromatic carbocycles. The molecule has 0 saturated carbocycles. The van der Waals surface area contributed by atoms with Crippen molar-refractivity contribution in [3.05, 3.63) is 29.8 Å². The van der Waals surface area contributed by atoms with Crippen molar-refractivity contribution < 1.29 is 9.84 Å². The molecule has 2 bridgehead atoms. The molecular weight excluding hydrogens is 240 g/mol. The largest absolute Gasteiger partial charge is 0.496 e. The molecule has 19 heavy (non-hydrogen) atoms. The fourth-order valence-corrected chi connectivity index (χ4v) is 3.26. The summed E-state index contributed by atoms with van der Waals surface area (Å²) in [4.78, 5) is 4.89. The molecule has 0 aliphatic carbocycles. The summed E-state index contributed by atoms with van der Waals surface area (Å²) in [6, 6.07) is 8.23. The average Bonchev–Trinajstić information content (AvgIpc) is 2.49. The van der Waals surface area contributed by atoms with Crippen LogP contribution >= 0.6 is 0 Å². The van der Waals surface area contributed by atoms with Crippen LogP contribution in [0.1, 0.15) is 5.56 Å². The minimum Gasteiger partial charge on any atom is -0.496 e. The highest BCUT2D eigenvalue weighted by Gasteiger charge is 2.36. The number of benzene rings is 1. The second kappa shape index (κ2) is 5.49. The molecule has 0 radical (unpaired) electrons. The zero-order valence-electron chi connectivity index (χ0n) is 11.5. The average molecular weight is 262 g/mol. The number of hydrogen-bond acceptors (Lipinski definition) is 4. The molecule has 4 heteroatoms. The lowest BCUT2D eigenvalue weighted by Crippen LogP contribution is -2.64. The topological polar surface area (TPSA) is 35.9 Å². The van der Waals surface area contributed by atoms with E-state index < -0.39 is 0 Å². The zero-order chi connectivity index (χ0) is 13.2. The molecule has 0 aromatic heterocycles. The summed E-state index contributed by atoms with van der Waals surface area (Å²) < 4.78 is 5.36. The number of methoxy groups -OCH3 is 1. The van der Waals surface area contributed by atoms with E-state index in [-0.39, 0.29) is 12.1 Å².